The van der Waals surface area contributed by atoms with E-state index in [1.165, 1.54) is 12.8 Å². The molecule has 6 rings (SSSR count). The van der Waals surface area contributed by atoms with Crippen LogP contribution in [-0.2, 0) is 0 Å². The van der Waals surface area contributed by atoms with E-state index in [1.54, 1.807) is 23.1 Å². The molecule has 1 saturated heterocycles. The van der Waals surface area contributed by atoms with E-state index in [1.807, 2.05) is 28.1 Å². The van der Waals surface area contributed by atoms with Gasteiger partial charge in [-0.2, -0.15) is 21.0 Å². The zero-order valence-corrected chi connectivity index (χ0v) is 17.4. The van der Waals surface area contributed by atoms with Crippen LogP contribution in [0.5, 0.6) is 0 Å². The minimum Gasteiger partial charge on any atom is -0.317 e. The summed E-state index contributed by atoms with van der Waals surface area (Å²) < 4.78 is 4.19. The molecule has 0 amide bonds. The Balaban J connectivity index is 1.35. The van der Waals surface area contributed by atoms with Crippen LogP contribution in [0.2, 0.25) is 0 Å². The number of piperidine rings is 1. The summed E-state index contributed by atoms with van der Waals surface area (Å²) in [5, 5.41) is 31.9. The Hall–Kier alpha value is -2.30. The van der Waals surface area contributed by atoms with Crippen LogP contribution in [0.1, 0.15) is 43.5 Å². The smallest absolute Gasteiger partial charge is 0.197 e. The molecule has 1 N–H and O–H groups in total. The van der Waals surface area contributed by atoms with Crippen molar-refractivity contribution in [2.24, 2.45) is 0 Å². The van der Waals surface area contributed by atoms with Gasteiger partial charge in [0, 0.05) is 22.9 Å². The lowest BCUT2D eigenvalue weighted by Crippen LogP contribution is -2.28. The van der Waals surface area contributed by atoms with Crippen molar-refractivity contribution in [3.8, 4) is 11.4 Å². The van der Waals surface area contributed by atoms with Crippen LogP contribution in [0.25, 0.3) is 17.0 Å². The monoisotopic (exact) mass is 424 g/mol. The molecule has 1 aliphatic carbocycles. The molecule has 1 saturated carbocycles. The highest BCUT2D eigenvalue weighted by Gasteiger charge is 2.33. The summed E-state index contributed by atoms with van der Waals surface area (Å²) in [4.78, 5) is 0. The van der Waals surface area contributed by atoms with Gasteiger partial charge in [-0.15, -0.1) is 20.4 Å². The van der Waals surface area contributed by atoms with Gasteiger partial charge >= 0.3 is 0 Å². The zero-order chi connectivity index (χ0) is 19.2. The highest BCUT2D eigenvalue weighted by atomic mass is 32.2. The van der Waals surface area contributed by atoms with Crippen LogP contribution in [0.15, 0.2) is 39.1 Å². The predicted octanol–water partition coefficient (Wildman–Crippen LogP) is 3.40. The average Bonchev–Trinajstić information content (AvgIpc) is 3.15. The largest absolute Gasteiger partial charge is 0.317 e. The van der Waals surface area contributed by atoms with E-state index in [4.69, 9.17) is 5.10 Å². The van der Waals surface area contributed by atoms with E-state index >= 15 is 0 Å². The van der Waals surface area contributed by atoms with Crippen LogP contribution in [0.4, 0.5) is 0 Å². The number of hydrogen-bond donors (Lipinski definition) is 1. The van der Waals surface area contributed by atoms with Gasteiger partial charge < -0.3 is 9.88 Å². The second-order valence-corrected chi connectivity index (χ2v) is 9.31. The van der Waals surface area contributed by atoms with Gasteiger partial charge in [-0.1, -0.05) is 0 Å². The van der Waals surface area contributed by atoms with E-state index < -0.39 is 0 Å². The van der Waals surface area contributed by atoms with Crippen molar-refractivity contribution in [2.45, 2.75) is 47.8 Å². The Labute approximate surface area is 175 Å². The number of thiophene rings is 1. The lowest BCUT2D eigenvalue weighted by molar-refractivity contribution is 0.426. The van der Waals surface area contributed by atoms with E-state index in [0.717, 1.165) is 59.0 Å². The lowest BCUT2D eigenvalue weighted by Gasteiger charge is -2.22. The molecule has 0 bridgehead atoms. The molecular formula is C19H20N8S2. The number of nitrogens with one attached hydrogen (secondary N) is 1. The zero-order valence-electron chi connectivity index (χ0n) is 15.7. The molecule has 2 aliphatic rings. The number of hydrogen-bond acceptors (Lipinski definition) is 8. The Morgan fingerprint density at radius 2 is 1.90 bits per heavy atom. The number of rotatable bonds is 5. The van der Waals surface area contributed by atoms with Gasteiger partial charge in [0.15, 0.2) is 16.6 Å². The van der Waals surface area contributed by atoms with Gasteiger partial charge in [-0.3, -0.25) is 0 Å². The fraction of sp³-hybridized carbons (Fsp3) is 0.421. The van der Waals surface area contributed by atoms with Gasteiger partial charge in [0.1, 0.15) is 10.9 Å². The molecule has 10 heteroatoms. The van der Waals surface area contributed by atoms with Crippen molar-refractivity contribution >= 4 is 28.7 Å². The molecule has 5 heterocycles. The summed E-state index contributed by atoms with van der Waals surface area (Å²) in [6.45, 7) is 2.11. The fourth-order valence-corrected chi connectivity index (χ4v) is 5.39. The van der Waals surface area contributed by atoms with Crippen LogP contribution in [0, 0.1) is 0 Å². The summed E-state index contributed by atoms with van der Waals surface area (Å²) in [7, 11) is 0. The predicted molar refractivity (Wildman–Crippen MR) is 111 cm³/mol. The fourth-order valence-electron chi connectivity index (χ4n) is 3.88. The standard InChI is InChI=1S/C19H20N8S2/c1-2-14(1)26-17(12-5-8-20-9-6-12)22-24-19(26)29-16-4-3-15-21-23-18(27(15)25-16)13-7-10-28-11-13/h3-4,7,10-12,14,20H,1-2,5-6,8-9H2. The topological polar surface area (TPSA) is 85.8 Å². The molecule has 0 unspecified atom stereocenters. The number of fused-ring (bicyclic) bond motifs is 1. The average molecular weight is 425 g/mol. The highest BCUT2D eigenvalue weighted by molar-refractivity contribution is 7.99. The first-order valence-electron chi connectivity index (χ1n) is 9.95. The maximum absolute atomic E-state index is 4.80. The van der Waals surface area contributed by atoms with E-state index in [9.17, 15) is 0 Å². The third-order valence-electron chi connectivity index (χ3n) is 5.52. The molecule has 148 valence electrons. The van der Waals surface area contributed by atoms with Crippen molar-refractivity contribution in [2.75, 3.05) is 13.1 Å². The Kier molecular flexibility index (Phi) is 4.35. The first kappa shape index (κ1) is 17.5. The summed E-state index contributed by atoms with van der Waals surface area (Å²) in [5.41, 5.74) is 1.78. The molecule has 0 spiro atoms. The SMILES string of the molecule is c1cc(-c2nnc3ccc(Sc4nnc(C5CCNCC5)n4C4CC4)nn23)cs1. The quantitative estimate of drug-likeness (QED) is 0.525. The second kappa shape index (κ2) is 7.19. The Bertz CT molecular complexity index is 1140. The molecule has 0 radical (unpaired) electrons. The first-order valence-corrected chi connectivity index (χ1v) is 11.7. The lowest BCUT2D eigenvalue weighted by atomic mass is 9.97. The first-order chi connectivity index (χ1) is 14.4. The molecule has 4 aromatic heterocycles. The summed E-state index contributed by atoms with van der Waals surface area (Å²) >= 11 is 3.22. The molecule has 4 aromatic rings. The molecule has 0 atom stereocenters. The normalized spacial score (nSPS) is 17.9. The summed E-state index contributed by atoms with van der Waals surface area (Å²) in [5.74, 6) is 2.42. The molecule has 29 heavy (non-hydrogen) atoms. The van der Waals surface area contributed by atoms with Gasteiger partial charge in [0.2, 0.25) is 0 Å². The van der Waals surface area contributed by atoms with Gasteiger partial charge in [-0.05, 0) is 74.1 Å². The van der Waals surface area contributed by atoms with Crippen LogP contribution >= 0.6 is 23.1 Å². The van der Waals surface area contributed by atoms with Crippen molar-refractivity contribution in [1.29, 1.82) is 0 Å². The molecular weight excluding hydrogens is 404 g/mol. The Morgan fingerprint density at radius 1 is 1.00 bits per heavy atom. The van der Waals surface area contributed by atoms with Gasteiger partial charge in [0.05, 0.1) is 0 Å². The minimum atomic E-state index is 0.497. The minimum absolute atomic E-state index is 0.497. The molecule has 2 fully saturated rings. The van der Waals surface area contributed by atoms with E-state index in [2.05, 4.69) is 35.7 Å². The maximum atomic E-state index is 4.80. The van der Waals surface area contributed by atoms with E-state index in [0.29, 0.717) is 12.0 Å². The van der Waals surface area contributed by atoms with Gasteiger partial charge in [-0.25, -0.2) is 0 Å². The Morgan fingerprint density at radius 3 is 2.69 bits per heavy atom. The number of aromatic nitrogens is 7. The van der Waals surface area contributed by atoms with E-state index in [-0.39, 0.29) is 0 Å². The highest BCUT2D eigenvalue weighted by Crippen LogP contribution is 2.42. The summed E-state index contributed by atoms with van der Waals surface area (Å²) in [6, 6.07) is 6.53. The summed E-state index contributed by atoms with van der Waals surface area (Å²) in [6.07, 6.45) is 4.68. The van der Waals surface area contributed by atoms with Crippen LogP contribution < -0.4 is 5.32 Å². The van der Waals surface area contributed by atoms with Crippen LogP contribution in [0.3, 0.4) is 0 Å². The second-order valence-electron chi connectivity index (χ2n) is 7.55. The van der Waals surface area contributed by atoms with Crippen molar-refractivity contribution in [1.82, 2.24) is 39.9 Å². The molecule has 1 aliphatic heterocycles. The third kappa shape index (κ3) is 3.24. The van der Waals surface area contributed by atoms with Crippen LogP contribution in [-0.4, -0.2) is 47.7 Å². The molecule has 0 aromatic carbocycles. The maximum Gasteiger partial charge on any atom is 0.197 e. The van der Waals surface area contributed by atoms with Crippen molar-refractivity contribution in [3.63, 3.8) is 0 Å². The van der Waals surface area contributed by atoms with Crippen molar-refractivity contribution in [3.05, 3.63) is 34.8 Å². The number of nitrogens with zero attached hydrogens (tertiary/aromatic N) is 7. The van der Waals surface area contributed by atoms with Gasteiger partial charge in [0.25, 0.3) is 0 Å². The third-order valence-corrected chi connectivity index (χ3v) is 7.09. The van der Waals surface area contributed by atoms with Crippen molar-refractivity contribution < 1.29 is 0 Å². The molecule has 8 nitrogen and oxygen atoms in total.